The number of anilines is 3. The number of para-hydroxylation sites is 1. The van der Waals surface area contributed by atoms with Crippen molar-refractivity contribution in [3.8, 4) is 33.4 Å². The summed E-state index contributed by atoms with van der Waals surface area (Å²) in [5, 5.41) is 6.77. The third kappa shape index (κ3) is 5.13. The van der Waals surface area contributed by atoms with E-state index in [1.807, 2.05) is 0 Å². The molecule has 9 aromatic carbocycles. The van der Waals surface area contributed by atoms with E-state index in [2.05, 4.69) is 205 Å². The van der Waals surface area contributed by atoms with Gasteiger partial charge >= 0.3 is 0 Å². The lowest BCUT2D eigenvalue weighted by Crippen LogP contribution is -2.10. The van der Waals surface area contributed by atoms with Gasteiger partial charge in [-0.1, -0.05) is 152 Å². The van der Waals surface area contributed by atoms with E-state index in [0.29, 0.717) is 0 Å². The summed E-state index contributed by atoms with van der Waals surface area (Å²) in [6.07, 6.45) is 0. The summed E-state index contributed by atoms with van der Waals surface area (Å²) in [6.45, 7) is 0. The molecule has 0 aliphatic heterocycles. The maximum atomic E-state index is 7.01. The van der Waals surface area contributed by atoms with Crippen LogP contribution in [0.5, 0.6) is 0 Å². The molecule has 3 nitrogen and oxygen atoms in total. The smallest absolute Gasteiger partial charge is 0.159 e. The molecule has 11 rings (SSSR count). The number of nitrogens with zero attached hydrogens (tertiary/aromatic N) is 1. The quantitative estimate of drug-likeness (QED) is 0.173. The van der Waals surface area contributed by atoms with Gasteiger partial charge in [-0.15, -0.1) is 0 Å². The number of benzene rings is 9. The van der Waals surface area contributed by atoms with Gasteiger partial charge in [-0.05, 0) is 86.6 Å². The lowest BCUT2D eigenvalue weighted by Gasteiger charge is -2.25. The average Bonchev–Trinajstić information content (AvgIpc) is 3.83. The molecule has 0 aliphatic rings. The van der Waals surface area contributed by atoms with Gasteiger partial charge in [-0.2, -0.15) is 0 Å². The fourth-order valence-electron chi connectivity index (χ4n) is 8.35. The normalized spacial score (nSPS) is 11.6. The Hall–Kier alpha value is -7.36. The van der Waals surface area contributed by atoms with Gasteiger partial charge in [0.1, 0.15) is 16.7 Å². The molecule has 11 aromatic rings. The van der Waals surface area contributed by atoms with Crippen molar-refractivity contribution in [2.45, 2.75) is 0 Å². The summed E-state index contributed by atoms with van der Waals surface area (Å²) in [7, 11) is 0. The van der Waals surface area contributed by atoms with Crippen molar-refractivity contribution in [3.63, 3.8) is 0 Å². The number of furan rings is 2. The van der Waals surface area contributed by atoms with E-state index in [1.165, 1.54) is 21.9 Å². The second-order valence-corrected chi connectivity index (χ2v) is 14.0. The Morgan fingerprint density at radius 3 is 1.65 bits per heavy atom. The van der Waals surface area contributed by atoms with Crippen molar-refractivity contribution in [2.75, 3.05) is 4.90 Å². The van der Waals surface area contributed by atoms with E-state index in [9.17, 15) is 0 Å². The van der Waals surface area contributed by atoms with Crippen LogP contribution in [0.25, 0.3) is 88.0 Å². The van der Waals surface area contributed by atoms with Gasteiger partial charge in [0.25, 0.3) is 0 Å². The number of rotatable bonds is 6. The Morgan fingerprint density at radius 1 is 0.309 bits per heavy atom. The second kappa shape index (κ2) is 12.6. The van der Waals surface area contributed by atoms with Crippen molar-refractivity contribution < 1.29 is 8.83 Å². The molecule has 0 spiro atoms. The fraction of sp³-hybridized carbons (Fsp3) is 0. The van der Waals surface area contributed by atoms with Crippen LogP contribution in [-0.4, -0.2) is 0 Å². The molecular weight excluding hydrogens is 671 g/mol. The first kappa shape index (κ1) is 31.2. The first-order valence-corrected chi connectivity index (χ1v) is 18.7. The SMILES string of the molecule is c1ccc(-c2ccc(N(c3ccc4c(c3)oc3cccc(-c5ccccc5)c34)c3cccc4c3oc3cc(-c5ccccc5)c5ccccc5c34)cc2)cc1. The van der Waals surface area contributed by atoms with E-state index in [0.717, 1.165) is 83.2 Å². The van der Waals surface area contributed by atoms with E-state index in [4.69, 9.17) is 8.83 Å². The van der Waals surface area contributed by atoms with Crippen LogP contribution < -0.4 is 4.90 Å². The molecule has 2 aromatic heterocycles. The zero-order valence-corrected chi connectivity index (χ0v) is 29.8. The molecule has 0 N–H and O–H groups in total. The molecule has 0 atom stereocenters. The molecule has 3 heteroatoms. The van der Waals surface area contributed by atoms with Gasteiger partial charge in [0, 0.05) is 33.3 Å². The van der Waals surface area contributed by atoms with Crippen molar-refractivity contribution >= 4 is 71.7 Å². The highest BCUT2D eigenvalue weighted by molar-refractivity contribution is 6.24. The minimum atomic E-state index is 0.830. The molecule has 0 bridgehead atoms. The molecule has 0 saturated heterocycles. The molecule has 55 heavy (non-hydrogen) atoms. The van der Waals surface area contributed by atoms with Crippen molar-refractivity contribution in [3.05, 3.63) is 200 Å². The minimum absolute atomic E-state index is 0.830. The van der Waals surface area contributed by atoms with Crippen LogP contribution in [0.15, 0.2) is 209 Å². The van der Waals surface area contributed by atoms with Gasteiger partial charge in [0.2, 0.25) is 0 Å². The molecule has 258 valence electrons. The molecule has 0 radical (unpaired) electrons. The third-order valence-electron chi connectivity index (χ3n) is 10.9. The zero-order valence-electron chi connectivity index (χ0n) is 29.8. The van der Waals surface area contributed by atoms with E-state index >= 15 is 0 Å². The molecule has 2 heterocycles. The van der Waals surface area contributed by atoms with Gasteiger partial charge in [0.15, 0.2) is 5.58 Å². The van der Waals surface area contributed by atoms with Crippen molar-refractivity contribution in [1.82, 2.24) is 0 Å². The maximum Gasteiger partial charge on any atom is 0.159 e. The van der Waals surface area contributed by atoms with Gasteiger partial charge in [-0.3, -0.25) is 0 Å². The molecule has 0 unspecified atom stereocenters. The van der Waals surface area contributed by atoms with Crippen molar-refractivity contribution in [1.29, 1.82) is 0 Å². The summed E-state index contributed by atoms with van der Waals surface area (Å²) < 4.78 is 13.6. The summed E-state index contributed by atoms with van der Waals surface area (Å²) in [5.74, 6) is 0. The lowest BCUT2D eigenvalue weighted by atomic mass is 9.95. The highest BCUT2D eigenvalue weighted by Gasteiger charge is 2.23. The predicted octanol–water partition coefficient (Wildman–Crippen LogP) is 15.1. The first-order chi connectivity index (χ1) is 27.3. The van der Waals surface area contributed by atoms with Crippen LogP contribution in [0.1, 0.15) is 0 Å². The standard InChI is InChI=1S/C52H33NO2/c1-4-14-34(15-5-1)35-26-28-38(29-27-35)53(39-30-31-43-48(32-39)54-47-25-13-22-40(50(43)47)36-16-6-2-7-17-36)46-24-12-23-44-51-42-21-11-10-20-41(42)45(33-49(51)55-52(44)46)37-18-8-3-9-19-37/h1-33H. The van der Waals surface area contributed by atoms with Crippen LogP contribution in [-0.2, 0) is 0 Å². The molecule has 0 aliphatic carbocycles. The monoisotopic (exact) mass is 703 g/mol. The largest absolute Gasteiger partial charge is 0.456 e. The minimum Gasteiger partial charge on any atom is -0.456 e. The molecular formula is C52H33NO2. The summed E-state index contributed by atoms with van der Waals surface area (Å²) in [6, 6.07) is 70.6. The summed E-state index contributed by atoms with van der Waals surface area (Å²) >= 11 is 0. The van der Waals surface area contributed by atoms with E-state index < -0.39 is 0 Å². The lowest BCUT2D eigenvalue weighted by molar-refractivity contribution is 0.667. The van der Waals surface area contributed by atoms with Crippen LogP contribution in [0.3, 0.4) is 0 Å². The summed E-state index contributed by atoms with van der Waals surface area (Å²) in [4.78, 5) is 2.30. The molecule has 0 amide bonds. The number of hydrogen-bond donors (Lipinski definition) is 0. The average molecular weight is 704 g/mol. The second-order valence-electron chi connectivity index (χ2n) is 14.0. The maximum absolute atomic E-state index is 7.01. The van der Waals surface area contributed by atoms with Gasteiger partial charge in [-0.25, -0.2) is 0 Å². The Bertz CT molecular complexity index is 3180. The van der Waals surface area contributed by atoms with E-state index in [-0.39, 0.29) is 0 Å². The fourth-order valence-corrected chi connectivity index (χ4v) is 8.35. The van der Waals surface area contributed by atoms with Crippen LogP contribution in [0.2, 0.25) is 0 Å². The Kier molecular flexibility index (Phi) is 7.17. The Balaban J connectivity index is 1.14. The summed E-state index contributed by atoms with van der Waals surface area (Å²) in [5.41, 5.74) is 13.3. The van der Waals surface area contributed by atoms with Crippen LogP contribution >= 0.6 is 0 Å². The number of fused-ring (bicyclic) bond motifs is 8. The Labute approximate surface area is 317 Å². The van der Waals surface area contributed by atoms with Crippen LogP contribution in [0.4, 0.5) is 17.1 Å². The molecule has 0 saturated carbocycles. The van der Waals surface area contributed by atoms with Gasteiger partial charge in [0.05, 0.1) is 11.4 Å². The topological polar surface area (TPSA) is 29.5 Å². The highest BCUT2D eigenvalue weighted by atomic mass is 16.3. The Morgan fingerprint density at radius 2 is 0.909 bits per heavy atom. The highest BCUT2D eigenvalue weighted by Crippen LogP contribution is 2.47. The zero-order chi connectivity index (χ0) is 36.3. The van der Waals surface area contributed by atoms with Crippen molar-refractivity contribution in [2.24, 2.45) is 0 Å². The van der Waals surface area contributed by atoms with Gasteiger partial charge < -0.3 is 13.7 Å². The number of hydrogen-bond acceptors (Lipinski definition) is 3. The third-order valence-corrected chi connectivity index (χ3v) is 10.9. The van der Waals surface area contributed by atoms with Crippen LogP contribution in [0, 0.1) is 0 Å². The van der Waals surface area contributed by atoms with E-state index in [1.54, 1.807) is 0 Å². The predicted molar refractivity (Wildman–Crippen MR) is 229 cm³/mol. The molecule has 0 fully saturated rings. The first-order valence-electron chi connectivity index (χ1n) is 18.7.